The highest BCUT2D eigenvalue weighted by molar-refractivity contribution is 7.71. The minimum absolute atomic E-state index is 0.149. The van der Waals surface area contributed by atoms with Crippen molar-refractivity contribution in [2.45, 2.75) is 37.8 Å². The number of aliphatic hydroxyl groups excluding tert-OH is 1. The van der Waals surface area contributed by atoms with E-state index >= 15 is 0 Å². The molecule has 0 amide bonds. The number of hydrogen-bond acceptors (Lipinski definition) is 2. The van der Waals surface area contributed by atoms with Crippen molar-refractivity contribution in [1.29, 1.82) is 0 Å². The molecule has 0 saturated heterocycles. The molecular formula is C13H15ClN2OS. The van der Waals surface area contributed by atoms with Gasteiger partial charge in [-0.1, -0.05) is 17.7 Å². The number of halogens is 1. The van der Waals surface area contributed by atoms with Crippen molar-refractivity contribution in [2.24, 2.45) is 0 Å². The number of nitrogens with one attached hydrogen (secondary N) is 1. The van der Waals surface area contributed by atoms with Gasteiger partial charge in [0.25, 0.3) is 0 Å². The third kappa shape index (κ3) is 1.98. The van der Waals surface area contributed by atoms with Crippen LogP contribution in [0.5, 0.6) is 0 Å². The van der Waals surface area contributed by atoms with E-state index in [1.807, 2.05) is 18.2 Å². The average molecular weight is 283 g/mol. The van der Waals surface area contributed by atoms with E-state index < -0.39 is 0 Å². The maximum atomic E-state index is 9.59. The second-order valence-electron chi connectivity index (χ2n) is 4.90. The van der Waals surface area contributed by atoms with Crippen molar-refractivity contribution in [3.63, 3.8) is 0 Å². The fourth-order valence-electron chi connectivity index (χ4n) is 2.79. The van der Waals surface area contributed by atoms with E-state index in [1.165, 1.54) is 0 Å². The number of imidazole rings is 1. The molecule has 2 aromatic rings. The van der Waals surface area contributed by atoms with Crippen LogP contribution in [0.2, 0.25) is 5.02 Å². The first-order valence-electron chi connectivity index (χ1n) is 6.23. The molecule has 18 heavy (non-hydrogen) atoms. The van der Waals surface area contributed by atoms with Gasteiger partial charge in [0, 0.05) is 6.04 Å². The summed E-state index contributed by atoms with van der Waals surface area (Å²) < 4.78 is 2.88. The smallest absolute Gasteiger partial charge is 0.178 e. The molecule has 3 nitrogen and oxygen atoms in total. The number of rotatable bonds is 1. The van der Waals surface area contributed by atoms with Gasteiger partial charge in [-0.25, -0.2) is 0 Å². The zero-order chi connectivity index (χ0) is 12.7. The predicted octanol–water partition coefficient (Wildman–Crippen LogP) is 3.83. The van der Waals surface area contributed by atoms with Gasteiger partial charge in [-0.3, -0.25) is 0 Å². The molecule has 1 heterocycles. The minimum atomic E-state index is -0.149. The highest BCUT2D eigenvalue weighted by Gasteiger charge is 2.23. The standard InChI is InChI=1S/C13H15ClN2OS/c14-10-2-1-3-11-12(10)15-13(18)16(11)8-4-6-9(17)7-5-8/h1-3,8-9,17H,4-7H2,(H,15,18). The van der Waals surface area contributed by atoms with Crippen molar-refractivity contribution >= 4 is 34.9 Å². The maximum Gasteiger partial charge on any atom is 0.178 e. The topological polar surface area (TPSA) is 41.0 Å². The molecule has 1 aromatic carbocycles. The zero-order valence-corrected chi connectivity index (χ0v) is 11.5. The van der Waals surface area contributed by atoms with Gasteiger partial charge in [-0.05, 0) is 50.0 Å². The van der Waals surface area contributed by atoms with Crippen molar-refractivity contribution in [2.75, 3.05) is 0 Å². The summed E-state index contributed by atoms with van der Waals surface area (Å²) in [5.74, 6) is 0. The fraction of sp³-hybridized carbons (Fsp3) is 0.462. The van der Waals surface area contributed by atoms with Gasteiger partial charge >= 0.3 is 0 Å². The Morgan fingerprint density at radius 1 is 1.28 bits per heavy atom. The molecule has 1 aliphatic carbocycles. The maximum absolute atomic E-state index is 9.59. The summed E-state index contributed by atoms with van der Waals surface area (Å²) >= 11 is 11.6. The van der Waals surface area contributed by atoms with Gasteiger partial charge in [-0.15, -0.1) is 0 Å². The molecule has 0 aliphatic heterocycles. The zero-order valence-electron chi connectivity index (χ0n) is 9.90. The normalized spacial score (nSPS) is 24.6. The van der Waals surface area contributed by atoms with Crippen LogP contribution in [0.3, 0.4) is 0 Å². The highest BCUT2D eigenvalue weighted by atomic mass is 35.5. The van der Waals surface area contributed by atoms with E-state index in [4.69, 9.17) is 23.8 Å². The SMILES string of the molecule is OC1CCC(n2c(=S)[nH]c3c(Cl)cccc32)CC1. The van der Waals surface area contributed by atoms with Gasteiger partial charge < -0.3 is 14.7 Å². The highest BCUT2D eigenvalue weighted by Crippen LogP contribution is 2.33. The van der Waals surface area contributed by atoms with Crippen LogP contribution in [-0.4, -0.2) is 20.8 Å². The Morgan fingerprint density at radius 3 is 2.72 bits per heavy atom. The summed E-state index contributed by atoms with van der Waals surface area (Å²) in [5.41, 5.74) is 1.98. The number of benzene rings is 1. The summed E-state index contributed by atoms with van der Waals surface area (Å²) in [6, 6.07) is 6.22. The second kappa shape index (κ2) is 4.68. The van der Waals surface area contributed by atoms with Crippen molar-refractivity contribution in [3.8, 4) is 0 Å². The van der Waals surface area contributed by atoms with Crippen LogP contribution in [0.1, 0.15) is 31.7 Å². The van der Waals surface area contributed by atoms with E-state index in [0.29, 0.717) is 11.1 Å². The third-order valence-electron chi connectivity index (χ3n) is 3.73. The molecule has 1 fully saturated rings. The molecular weight excluding hydrogens is 268 g/mol. The number of H-pyrrole nitrogens is 1. The molecule has 0 bridgehead atoms. The van der Waals surface area contributed by atoms with Crippen LogP contribution < -0.4 is 0 Å². The Kier molecular flexibility index (Phi) is 3.18. The molecule has 0 radical (unpaired) electrons. The van der Waals surface area contributed by atoms with E-state index in [-0.39, 0.29) is 6.10 Å². The average Bonchev–Trinajstić information content (AvgIpc) is 2.69. The Bertz CT molecular complexity index is 625. The molecule has 96 valence electrons. The van der Waals surface area contributed by atoms with Crippen LogP contribution in [0.15, 0.2) is 18.2 Å². The molecule has 0 atom stereocenters. The monoisotopic (exact) mass is 282 g/mol. The van der Waals surface area contributed by atoms with Gasteiger partial charge in [-0.2, -0.15) is 0 Å². The Hall–Kier alpha value is -0.840. The predicted molar refractivity (Wildman–Crippen MR) is 75.6 cm³/mol. The number of nitrogens with zero attached hydrogens (tertiary/aromatic N) is 1. The van der Waals surface area contributed by atoms with Crippen LogP contribution in [0, 0.1) is 4.77 Å². The molecule has 1 aromatic heterocycles. The summed E-state index contributed by atoms with van der Waals surface area (Å²) in [7, 11) is 0. The second-order valence-corrected chi connectivity index (χ2v) is 5.69. The first-order valence-corrected chi connectivity index (χ1v) is 7.02. The number of aromatic nitrogens is 2. The van der Waals surface area contributed by atoms with Gasteiger partial charge in [0.2, 0.25) is 0 Å². The van der Waals surface area contributed by atoms with E-state index in [1.54, 1.807) is 0 Å². The van der Waals surface area contributed by atoms with Crippen LogP contribution >= 0.6 is 23.8 Å². The largest absolute Gasteiger partial charge is 0.393 e. The lowest BCUT2D eigenvalue weighted by Gasteiger charge is -2.27. The summed E-state index contributed by atoms with van der Waals surface area (Å²) in [6.45, 7) is 0. The number of fused-ring (bicyclic) bond motifs is 1. The lowest BCUT2D eigenvalue weighted by atomic mass is 9.93. The number of para-hydroxylation sites is 1. The Labute approximate surface area is 115 Å². The van der Waals surface area contributed by atoms with Crippen LogP contribution in [0.25, 0.3) is 11.0 Å². The molecule has 5 heteroatoms. The van der Waals surface area contributed by atoms with Gasteiger partial charge in [0.15, 0.2) is 4.77 Å². The van der Waals surface area contributed by atoms with Crippen molar-refractivity contribution in [1.82, 2.24) is 9.55 Å². The molecule has 1 aliphatic rings. The first-order chi connectivity index (χ1) is 8.66. The van der Waals surface area contributed by atoms with Gasteiger partial charge in [0.05, 0.1) is 22.2 Å². The quantitative estimate of drug-likeness (QED) is 0.781. The fourth-order valence-corrected chi connectivity index (χ4v) is 3.36. The minimum Gasteiger partial charge on any atom is -0.393 e. The molecule has 2 N–H and O–H groups in total. The van der Waals surface area contributed by atoms with Crippen LogP contribution in [0.4, 0.5) is 0 Å². The van der Waals surface area contributed by atoms with E-state index in [2.05, 4.69) is 9.55 Å². The number of aromatic amines is 1. The number of hydrogen-bond donors (Lipinski definition) is 2. The number of aliphatic hydroxyl groups is 1. The molecule has 1 saturated carbocycles. The van der Waals surface area contributed by atoms with Crippen molar-refractivity contribution < 1.29 is 5.11 Å². The lowest BCUT2D eigenvalue weighted by molar-refractivity contribution is 0.111. The molecule has 0 spiro atoms. The van der Waals surface area contributed by atoms with E-state index in [9.17, 15) is 5.11 Å². The molecule has 3 rings (SSSR count). The van der Waals surface area contributed by atoms with Crippen LogP contribution in [-0.2, 0) is 0 Å². The lowest BCUT2D eigenvalue weighted by Crippen LogP contribution is -2.21. The van der Waals surface area contributed by atoms with Crippen molar-refractivity contribution in [3.05, 3.63) is 28.0 Å². The Balaban J connectivity index is 2.09. The van der Waals surface area contributed by atoms with Gasteiger partial charge in [0.1, 0.15) is 0 Å². The summed E-state index contributed by atoms with van der Waals surface area (Å²) in [4.78, 5) is 3.19. The summed E-state index contributed by atoms with van der Waals surface area (Å²) in [6.07, 6.45) is 3.48. The Morgan fingerprint density at radius 2 is 2.00 bits per heavy atom. The first kappa shape index (κ1) is 12.2. The summed E-state index contributed by atoms with van der Waals surface area (Å²) in [5, 5.41) is 10.3. The third-order valence-corrected chi connectivity index (χ3v) is 4.35. The molecule has 0 unspecified atom stereocenters. The van der Waals surface area contributed by atoms with E-state index in [0.717, 1.165) is 41.5 Å².